The van der Waals surface area contributed by atoms with Gasteiger partial charge in [-0.1, -0.05) is 24.6 Å². The van der Waals surface area contributed by atoms with Crippen LogP contribution in [0.25, 0.3) is 17.3 Å². The molecule has 2 aromatic heterocycles. The molecule has 7 nitrogen and oxygen atoms in total. The van der Waals surface area contributed by atoms with E-state index in [1.54, 1.807) is 48.6 Å². The molecule has 3 aromatic rings. The lowest BCUT2D eigenvalue weighted by Gasteiger charge is -2.19. The van der Waals surface area contributed by atoms with Crippen LogP contribution in [0.4, 0.5) is 10.2 Å². The molecule has 0 spiro atoms. The summed E-state index contributed by atoms with van der Waals surface area (Å²) in [4.78, 5) is 17.6. The van der Waals surface area contributed by atoms with Crippen molar-refractivity contribution in [2.24, 2.45) is 0 Å². The van der Waals surface area contributed by atoms with Gasteiger partial charge in [-0.15, -0.1) is 0 Å². The van der Waals surface area contributed by atoms with Gasteiger partial charge in [-0.3, -0.25) is 9.10 Å². The summed E-state index contributed by atoms with van der Waals surface area (Å²) < 4.78 is 28.8. The Bertz CT molecular complexity index is 1400. The second-order valence-electron chi connectivity index (χ2n) is 8.47. The minimum Gasteiger partial charge on any atom is -0.348 e. The van der Waals surface area contributed by atoms with Gasteiger partial charge in [0.05, 0.1) is 17.6 Å². The van der Waals surface area contributed by atoms with Crippen molar-refractivity contribution in [3.05, 3.63) is 83.1 Å². The molecular formula is C26H28FN5O2S. The van der Waals surface area contributed by atoms with E-state index in [0.29, 0.717) is 17.8 Å². The van der Waals surface area contributed by atoms with Crippen molar-refractivity contribution in [3.8, 4) is 5.69 Å². The van der Waals surface area contributed by atoms with Crippen molar-refractivity contribution in [2.45, 2.75) is 26.3 Å². The van der Waals surface area contributed by atoms with Gasteiger partial charge in [-0.2, -0.15) is 5.10 Å². The topological polar surface area (TPSA) is 80.1 Å². The predicted octanol–water partition coefficient (Wildman–Crippen LogP) is 4.00. The van der Waals surface area contributed by atoms with Crippen molar-refractivity contribution in [2.75, 3.05) is 17.6 Å². The summed E-state index contributed by atoms with van der Waals surface area (Å²) in [6.07, 6.45) is 10.3. The minimum absolute atomic E-state index is 0.216. The quantitative estimate of drug-likeness (QED) is 0.505. The Morgan fingerprint density at radius 3 is 2.60 bits per heavy atom. The van der Waals surface area contributed by atoms with Crippen LogP contribution in [0.5, 0.6) is 0 Å². The summed E-state index contributed by atoms with van der Waals surface area (Å²) in [5.41, 5.74) is 4.75. The number of aromatic nitrogens is 3. The Morgan fingerprint density at radius 1 is 1.23 bits per heavy atom. The molecule has 9 heteroatoms. The smallest absolute Gasteiger partial charge is 0.251 e. The average molecular weight is 494 g/mol. The van der Waals surface area contributed by atoms with Gasteiger partial charge in [0, 0.05) is 46.9 Å². The molecule has 1 amide bonds. The molecule has 182 valence electrons. The molecule has 0 fully saturated rings. The largest absolute Gasteiger partial charge is 0.348 e. The number of nitrogens with one attached hydrogen (secondary N) is 1. The maximum Gasteiger partial charge on any atom is 0.251 e. The van der Waals surface area contributed by atoms with E-state index in [0.717, 1.165) is 28.9 Å². The first-order chi connectivity index (χ1) is 16.7. The van der Waals surface area contributed by atoms with Gasteiger partial charge in [-0.25, -0.2) is 18.3 Å². The third kappa shape index (κ3) is 5.35. The van der Waals surface area contributed by atoms with Crippen molar-refractivity contribution >= 4 is 39.0 Å². The zero-order valence-corrected chi connectivity index (χ0v) is 20.8. The summed E-state index contributed by atoms with van der Waals surface area (Å²) in [5.74, 6) is 3.68. The highest BCUT2D eigenvalue weighted by atomic mass is 32.2. The lowest BCUT2D eigenvalue weighted by molar-refractivity contribution is -0.115. The number of carbonyl (C=O) groups is 1. The van der Waals surface area contributed by atoms with E-state index in [1.165, 1.54) is 22.0 Å². The molecule has 1 aliphatic carbocycles. The van der Waals surface area contributed by atoms with Crippen molar-refractivity contribution in [1.29, 1.82) is 0 Å². The Labute approximate surface area is 205 Å². The number of amides is 1. The van der Waals surface area contributed by atoms with E-state index in [4.69, 9.17) is 0 Å². The third-order valence-electron chi connectivity index (χ3n) is 5.94. The third-order valence-corrected chi connectivity index (χ3v) is 7.29. The van der Waals surface area contributed by atoms with Crippen LogP contribution in [-0.4, -0.2) is 44.1 Å². The monoisotopic (exact) mass is 493 g/mol. The number of carbonyl (C=O) groups excluding carboxylic acids is 1. The van der Waals surface area contributed by atoms with Gasteiger partial charge in [0.25, 0.3) is 5.91 Å². The summed E-state index contributed by atoms with van der Waals surface area (Å²) in [7, 11) is -0.725. The number of benzene rings is 1. The highest BCUT2D eigenvalue weighted by Gasteiger charge is 2.22. The number of hydrogen-bond donors (Lipinski definition) is 1. The maximum absolute atomic E-state index is 13.4. The summed E-state index contributed by atoms with van der Waals surface area (Å²) in [6.45, 7) is 2.36. The fraction of sp³-hybridized carbons (Fsp3) is 0.231. The van der Waals surface area contributed by atoms with E-state index in [2.05, 4.69) is 34.3 Å². The van der Waals surface area contributed by atoms with Crippen LogP contribution >= 0.6 is 0 Å². The van der Waals surface area contributed by atoms with Gasteiger partial charge >= 0.3 is 0 Å². The zero-order valence-electron chi connectivity index (χ0n) is 20.0. The molecule has 2 heterocycles. The number of fused-ring (bicyclic) bond motifs is 1. The normalized spacial score (nSPS) is 14.7. The second-order valence-corrected chi connectivity index (χ2v) is 10.9. The summed E-state index contributed by atoms with van der Waals surface area (Å²) in [6, 6.07) is 9.69. The Kier molecular flexibility index (Phi) is 6.88. The van der Waals surface area contributed by atoms with Crippen LogP contribution in [0.2, 0.25) is 0 Å². The van der Waals surface area contributed by atoms with E-state index >= 15 is 0 Å². The molecule has 0 aliphatic heterocycles. The molecule has 1 unspecified atom stereocenters. The van der Waals surface area contributed by atoms with Gasteiger partial charge in [0.15, 0.2) is 0 Å². The number of hydrogen-bond acceptors (Lipinski definition) is 4. The van der Waals surface area contributed by atoms with Gasteiger partial charge in [-0.05, 0) is 60.7 Å². The first-order valence-electron chi connectivity index (χ1n) is 11.2. The first kappa shape index (κ1) is 24.4. The lowest BCUT2D eigenvalue weighted by atomic mass is 10.1. The minimum atomic E-state index is -2.41. The fourth-order valence-electron chi connectivity index (χ4n) is 3.73. The highest BCUT2D eigenvalue weighted by Crippen LogP contribution is 2.30. The fourth-order valence-corrected chi connectivity index (χ4v) is 4.24. The summed E-state index contributed by atoms with van der Waals surface area (Å²) in [5, 5.41) is 7.46. The van der Waals surface area contributed by atoms with Crippen LogP contribution < -0.4 is 9.62 Å². The molecule has 1 N–H and O–H groups in total. The van der Waals surface area contributed by atoms with Crippen LogP contribution in [0.1, 0.15) is 36.6 Å². The molecule has 0 radical (unpaired) electrons. The predicted molar refractivity (Wildman–Crippen MR) is 140 cm³/mol. The van der Waals surface area contributed by atoms with Gasteiger partial charge in [0.1, 0.15) is 11.6 Å². The molecule has 1 atom stereocenters. The number of anilines is 1. The zero-order chi connectivity index (χ0) is 25.2. The van der Waals surface area contributed by atoms with Gasteiger partial charge in [0.2, 0.25) is 0 Å². The molecule has 1 aromatic carbocycles. The molecular weight excluding hydrogens is 465 g/mol. The molecule has 0 saturated carbocycles. The number of rotatable bonds is 7. The van der Waals surface area contributed by atoms with E-state index in [-0.39, 0.29) is 18.3 Å². The lowest BCUT2D eigenvalue weighted by Crippen LogP contribution is -2.26. The SMILES string of the molecule is C=S(C)(=O)N(C)c1ccc(CNC(=O)C2=CCC(CC)=Cc3c2cnn3-c2ccc(F)cc2)cn1. The molecule has 0 bridgehead atoms. The van der Waals surface area contributed by atoms with E-state index in [1.807, 2.05) is 12.1 Å². The Hall–Kier alpha value is -3.72. The first-order valence-corrected chi connectivity index (χ1v) is 13.3. The van der Waals surface area contributed by atoms with Gasteiger partial charge < -0.3 is 5.32 Å². The van der Waals surface area contributed by atoms with Crippen molar-refractivity contribution in [1.82, 2.24) is 20.1 Å². The molecule has 4 rings (SSSR count). The van der Waals surface area contributed by atoms with E-state index in [9.17, 15) is 13.4 Å². The Balaban J connectivity index is 1.55. The standard InChI is InChI=1S/C26H28FN5O2S/c1-5-18-6-12-22(23-17-30-32(24(23)14-18)21-10-8-20(27)9-11-21)26(33)29-16-19-7-13-25(28-15-19)31(2)35(3,4)34/h7-15,17H,3,5-6,16H2,1-2,4H3,(H,29,33). The van der Waals surface area contributed by atoms with Crippen LogP contribution in [0.15, 0.2) is 60.4 Å². The number of halogens is 1. The molecule has 35 heavy (non-hydrogen) atoms. The molecule has 0 saturated heterocycles. The number of allylic oxidation sites excluding steroid dienone is 2. The van der Waals surface area contributed by atoms with Crippen LogP contribution in [0, 0.1) is 5.82 Å². The average Bonchev–Trinajstić information content (AvgIpc) is 3.15. The maximum atomic E-state index is 13.4. The highest BCUT2D eigenvalue weighted by molar-refractivity contribution is 8.00. The van der Waals surface area contributed by atoms with Crippen LogP contribution in [0.3, 0.4) is 0 Å². The Morgan fingerprint density at radius 2 is 1.97 bits per heavy atom. The number of pyridine rings is 1. The second kappa shape index (κ2) is 9.87. The summed E-state index contributed by atoms with van der Waals surface area (Å²) >= 11 is 0. The van der Waals surface area contributed by atoms with Crippen LogP contribution in [-0.2, 0) is 21.0 Å². The molecule has 1 aliphatic rings. The number of nitrogens with zero attached hydrogens (tertiary/aromatic N) is 4. The van der Waals surface area contributed by atoms with E-state index < -0.39 is 9.71 Å². The van der Waals surface area contributed by atoms with Crippen molar-refractivity contribution < 1.29 is 13.4 Å². The van der Waals surface area contributed by atoms with Crippen molar-refractivity contribution in [3.63, 3.8) is 0 Å².